The molecule has 1 unspecified atom stereocenters. The molecule has 1 atom stereocenters. The van der Waals surface area contributed by atoms with Gasteiger partial charge in [0.1, 0.15) is 0 Å². The van der Waals surface area contributed by atoms with Crippen LogP contribution in [0.1, 0.15) is 12.0 Å². The average Bonchev–Trinajstić information content (AvgIpc) is 2.70. The molecule has 1 N–H and O–H groups in total. The summed E-state index contributed by atoms with van der Waals surface area (Å²) in [6.45, 7) is 4.44. The molecule has 0 spiro atoms. The summed E-state index contributed by atoms with van der Waals surface area (Å²) in [5.74, 6) is 2.03. The van der Waals surface area contributed by atoms with Gasteiger partial charge >= 0.3 is 0 Å². The molecule has 0 bridgehead atoms. The molecule has 3 heteroatoms. The van der Waals surface area contributed by atoms with Crippen molar-refractivity contribution in [3.8, 4) is 0 Å². The molecule has 0 aromatic carbocycles. The Morgan fingerprint density at radius 1 is 1.57 bits per heavy atom. The third kappa shape index (κ3) is 2.72. The Morgan fingerprint density at radius 3 is 3.14 bits per heavy atom. The number of aryl methyl sites for hydroxylation is 1. The fourth-order valence-corrected chi connectivity index (χ4v) is 2.58. The predicted molar refractivity (Wildman–Crippen MR) is 60.7 cm³/mol. The van der Waals surface area contributed by atoms with Crippen molar-refractivity contribution in [2.75, 3.05) is 18.8 Å². The maximum Gasteiger partial charge on any atom is 0.0960 e. The monoisotopic (exact) mass is 208 g/mol. The first-order valence-corrected chi connectivity index (χ1v) is 6.09. The van der Waals surface area contributed by atoms with Crippen LogP contribution in [0.15, 0.2) is 23.4 Å². The summed E-state index contributed by atoms with van der Waals surface area (Å²) in [6.07, 6.45) is 3.26. The van der Waals surface area contributed by atoms with E-state index < -0.39 is 0 Å². The first-order chi connectivity index (χ1) is 6.84. The molecule has 1 aromatic heterocycles. The standard InChI is InChI=1S/C11H16N2S/c1-9-2-3-11(13-6-9)14-8-10-4-5-12-7-10/h2-3,6,10,12H,4-5,7-8H2,1H3. The molecule has 76 valence electrons. The lowest BCUT2D eigenvalue weighted by Gasteiger charge is -2.06. The van der Waals surface area contributed by atoms with Crippen LogP contribution < -0.4 is 5.32 Å². The first-order valence-electron chi connectivity index (χ1n) is 5.11. The minimum absolute atomic E-state index is 0.836. The third-order valence-corrected chi connectivity index (χ3v) is 3.69. The molecule has 0 radical (unpaired) electrons. The number of thioether (sulfide) groups is 1. The van der Waals surface area contributed by atoms with E-state index >= 15 is 0 Å². The van der Waals surface area contributed by atoms with E-state index in [0.717, 1.165) is 10.9 Å². The van der Waals surface area contributed by atoms with E-state index in [2.05, 4.69) is 29.4 Å². The fourth-order valence-electron chi connectivity index (χ4n) is 1.60. The van der Waals surface area contributed by atoms with Gasteiger partial charge in [-0.3, -0.25) is 0 Å². The van der Waals surface area contributed by atoms with Crippen LogP contribution in [0, 0.1) is 12.8 Å². The Kier molecular flexibility index (Phi) is 3.43. The molecular formula is C11H16N2S. The van der Waals surface area contributed by atoms with E-state index in [1.54, 1.807) is 0 Å². The fraction of sp³-hybridized carbons (Fsp3) is 0.545. The molecular weight excluding hydrogens is 192 g/mol. The lowest BCUT2D eigenvalue weighted by Crippen LogP contribution is -2.10. The Hall–Kier alpha value is -0.540. The van der Waals surface area contributed by atoms with Crippen molar-refractivity contribution in [1.29, 1.82) is 0 Å². The molecule has 2 rings (SSSR count). The summed E-state index contributed by atoms with van der Waals surface area (Å²) in [6, 6.07) is 4.24. The number of pyridine rings is 1. The number of rotatable bonds is 3. The number of hydrogen-bond donors (Lipinski definition) is 1. The summed E-state index contributed by atoms with van der Waals surface area (Å²) in [5.41, 5.74) is 1.23. The first kappa shape index (κ1) is 9.99. The zero-order valence-corrected chi connectivity index (χ0v) is 9.31. The lowest BCUT2D eigenvalue weighted by atomic mass is 10.2. The Balaban J connectivity index is 1.82. The van der Waals surface area contributed by atoms with Crippen molar-refractivity contribution >= 4 is 11.8 Å². The second kappa shape index (κ2) is 4.80. The number of nitrogens with one attached hydrogen (secondary N) is 1. The van der Waals surface area contributed by atoms with Crippen molar-refractivity contribution in [3.05, 3.63) is 23.9 Å². The molecule has 1 saturated heterocycles. The molecule has 1 aromatic rings. The van der Waals surface area contributed by atoms with Crippen molar-refractivity contribution in [3.63, 3.8) is 0 Å². The Labute approximate surface area is 89.5 Å². The third-order valence-electron chi connectivity index (χ3n) is 2.51. The molecule has 2 heterocycles. The maximum absolute atomic E-state index is 4.38. The van der Waals surface area contributed by atoms with E-state index in [9.17, 15) is 0 Å². The van der Waals surface area contributed by atoms with E-state index in [4.69, 9.17) is 0 Å². The van der Waals surface area contributed by atoms with E-state index in [0.29, 0.717) is 0 Å². The Bertz CT molecular complexity index is 278. The van der Waals surface area contributed by atoms with Gasteiger partial charge in [-0.15, -0.1) is 11.8 Å². The zero-order chi connectivity index (χ0) is 9.80. The van der Waals surface area contributed by atoms with Gasteiger partial charge in [-0.05, 0) is 44.0 Å². The summed E-state index contributed by atoms with van der Waals surface area (Å²) >= 11 is 1.88. The van der Waals surface area contributed by atoms with Gasteiger partial charge in [-0.2, -0.15) is 0 Å². The van der Waals surface area contributed by atoms with Gasteiger partial charge in [0.05, 0.1) is 5.03 Å². The highest BCUT2D eigenvalue weighted by Crippen LogP contribution is 2.21. The van der Waals surface area contributed by atoms with Gasteiger partial charge in [0.2, 0.25) is 0 Å². The van der Waals surface area contributed by atoms with Gasteiger partial charge in [-0.1, -0.05) is 6.07 Å². The van der Waals surface area contributed by atoms with Gasteiger partial charge in [0.25, 0.3) is 0 Å². The average molecular weight is 208 g/mol. The van der Waals surface area contributed by atoms with Crippen LogP contribution in [0.2, 0.25) is 0 Å². The molecule has 0 amide bonds. The maximum atomic E-state index is 4.38. The van der Waals surface area contributed by atoms with Crippen LogP contribution in [0.4, 0.5) is 0 Å². The summed E-state index contributed by atoms with van der Waals surface area (Å²) in [7, 11) is 0. The summed E-state index contributed by atoms with van der Waals surface area (Å²) in [5, 5.41) is 4.54. The van der Waals surface area contributed by atoms with E-state index in [-0.39, 0.29) is 0 Å². The van der Waals surface area contributed by atoms with Crippen LogP contribution in [0.5, 0.6) is 0 Å². The smallest absolute Gasteiger partial charge is 0.0960 e. The largest absolute Gasteiger partial charge is 0.316 e. The summed E-state index contributed by atoms with van der Waals surface area (Å²) in [4.78, 5) is 4.38. The van der Waals surface area contributed by atoms with Crippen LogP contribution in [0.25, 0.3) is 0 Å². The van der Waals surface area contributed by atoms with Crippen LogP contribution in [0.3, 0.4) is 0 Å². The van der Waals surface area contributed by atoms with Gasteiger partial charge < -0.3 is 5.32 Å². The zero-order valence-electron chi connectivity index (χ0n) is 8.49. The topological polar surface area (TPSA) is 24.9 Å². The predicted octanol–water partition coefficient (Wildman–Crippen LogP) is 2.09. The number of nitrogens with zero attached hydrogens (tertiary/aromatic N) is 1. The Morgan fingerprint density at radius 2 is 2.50 bits per heavy atom. The molecule has 14 heavy (non-hydrogen) atoms. The minimum atomic E-state index is 0.836. The highest BCUT2D eigenvalue weighted by Gasteiger charge is 2.14. The molecule has 1 aliphatic rings. The molecule has 0 saturated carbocycles. The van der Waals surface area contributed by atoms with Gasteiger partial charge in [-0.25, -0.2) is 4.98 Å². The van der Waals surface area contributed by atoms with Gasteiger partial charge in [0, 0.05) is 11.9 Å². The van der Waals surface area contributed by atoms with Crippen LogP contribution in [-0.4, -0.2) is 23.8 Å². The van der Waals surface area contributed by atoms with E-state index in [1.807, 2.05) is 18.0 Å². The minimum Gasteiger partial charge on any atom is -0.316 e. The molecule has 2 nitrogen and oxygen atoms in total. The van der Waals surface area contributed by atoms with Crippen LogP contribution >= 0.6 is 11.8 Å². The molecule has 0 aliphatic carbocycles. The summed E-state index contributed by atoms with van der Waals surface area (Å²) < 4.78 is 0. The van der Waals surface area contributed by atoms with Crippen LogP contribution in [-0.2, 0) is 0 Å². The van der Waals surface area contributed by atoms with E-state index in [1.165, 1.54) is 30.8 Å². The highest BCUT2D eigenvalue weighted by atomic mass is 32.2. The van der Waals surface area contributed by atoms with Crippen molar-refractivity contribution in [1.82, 2.24) is 10.3 Å². The highest BCUT2D eigenvalue weighted by molar-refractivity contribution is 7.99. The molecule has 1 fully saturated rings. The molecule has 1 aliphatic heterocycles. The quantitative estimate of drug-likeness (QED) is 0.770. The van der Waals surface area contributed by atoms with Crippen molar-refractivity contribution in [2.24, 2.45) is 5.92 Å². The SMILES string of the molecule is Cc1ccc(SCC2CCNC2)nc1. The number of hydrogen-bond acceptors (Lipinski definition) is 3. The van der Waals surface area contributed by atoms with Crippen molar-refractivity contribution in [2.45, 2.75) is 18.4 Å². The normalized spacial score (nSPS) is 21.4. The second-order valence-corrected chi connectivity index (χ2v) is 4.88. The lowest BCUT2D eigenvalue weighted by molar-refractivity contribution is 0.662. The van der Waals surface area contributed by atoms with Gasteiger partial charge in [0.15, 0.2) is 0 Å². The number of aromatic nitrogens is 1. The second-order valence-electron chi connectivity index (χ2n) is 3.84. The van der Waals surface area contributed by atoms with Crippen molar-refractivity contribution < 1.29 is 0 Å².